The van der Waals surface area contributed by atoms with Crippen molar-refractivity contribution in [2.75, 3.05) is 5.32 Å². The minimum atomic E-state index is -4.41. The maximum Gasteiger partial charge on any atom is 0.417 e. The molecule has 1 aliphatic rings. The minimum absolute atomic E-state index is 0.252. The molecule has 20 heavy (non-hydrogen) atoms. The summed E-state index contributed by atoms with van der Waals surface area (Å²) < 4.78 is 38.4. The summed E-state index contributed by atoms with van der Waals surface area (Å²) >= 11 is 5.61. The Balaban J connectivity index is 2.04. The first-order valence-electron chi connectivity index (χ1n) is 7.03. The van der Waals surface area contributed by atoms with Gasteiger partial charge in [0, 0.05) is 11.7 Å². The van der Waals surface area contributed by atoms with Crippen LogP contribution in [0.25, 0.3) is 0 Å². The van der Waals surface area contributed by atoms with Gasteiger partial charge in [-0.15, -0.1) is 0 Å². The molecular weight excluding hydrogens is 287 g/mol. The van der Waals surface area contributed by atoms with Crippen molar-refractivity contribution in [2.45, 2.75) is 51.2 Å². The third-order valence-electron chi connectivity index (χ3n) is 4.07. The predicted octanol–water partition coefficient (Wildman–Crippen LogP) is 5.74. The summed E-state index contributed by atoms with van der Waals surface area (Å²) in [6, 6.07) is 4.29. The summed E-state index contributed by atoms with van der Waals surface area (Å²) in [5.41, 5.74) is -0.270. The van der Waals surface area contributed by atoms with Gasteiger partial charge in [-0.2, -0.15) is 13.2 Å². The van der Waals surface area contributed by atoms with E-state index in [1.165, 1.54) is 12.5 Å². The molecule has 0 saturated heterocycles. The Hall–Kier alpha value is -0.900. The number of benzene rings is 1. The molecule has 1 saturated carbocycles. The number of rotatable bonds is 3. The van der Waals surface area contributed by atoms with Crippen molar-refractivity contribution < 1.29 is 13.2 Å². The van der Waals surface area contributed by atoms with Crippen LogP contribution in [-0.4, -0.2) is 6.04 Å². The lowest BCUT2D eigenvalue weighted by Crippen LogP contribution is -2.26. The molecule has 0 atom stereocenters. The van der Waals surface area contributed by atoms with Gasteiger partial charge >= 0.3 is 6.18 Å². The van der Waals surface area contributed by atoms with E-state index in [2.05, 4.69) is 12.2 Å². The molecule has 112 valence electrons. The highest BCUT2D eigenvalue weighted by Crippen LogP contribution is 2.37. The van der Waals surface area contributed by atoms with E-state index in [0.717, 1.165) is 37.7 Å². The smallest absolute Gasteiger partial charge is 0.382 e. The summed E-state index contributed by atoms with van der Waals surface area (Å²) in [6.45, 7) is 2.19. The fraction of sp³-hybridized carbons (Fsp3) is 0.600. The third-order valence-corrected chi connectivity index (χ3v) is 4.40. The van der Waals surface area contributed by atoms with Gasteiger partial charge in [0.15, 0.2) is 0 Å². The molecule has 1 aliphatic carbocycles. The van der Waals surface area contributed by atoms with Gasteiger partial charge in [-0.05, 0) is 49.8 Å². The second kappa shape index (κ2) is 6.25. The molecule has 0 spiro atoms. The monoisotopic (exact) mass is 305 g/mol. The van der Waals surface area contributed by atoms with Crippen molar-refractivity contribution in [3.05, 3.63) is 28.8 Å². The van der Waals surface area contributed by atoms with Crippen LogP contribution in [0.15, 0.2) is 18.2 Å². The van der Waals surface area contributed by atoms with Crippen LogP contribution in [0.1, 0.15) is 44.6 Å². The first-order valence-corrected chi connectivity index (χ1v) is 7.41. The zero-order valence-corrected chi connectivity index (χ0v) is 12.2. The third kappa shape index (κ3) is 3.81. The molecule has 0 aromatic heterocycles. The predicted molar refractivity (Wildman–Crippen MR) is 76.1 cm³/mol. The zero-order valence-electron chi connectivity index (χ0n) is 11.4. The lowest BCUT2D eigenvalue weighted by molar-refractivity contribution is -0.137. The van der Waals surface area contributed by atoms with E-state index >= 15 is 0 Å². The van der Waals surface area contributed by atoms with Crippen LogP contribution in [0.2, 0.25) is 5.02 Å². The van der Waals surface area contributed by atoms with E-state index in [1.54, 1.807) is 6.07 Å². The number of anilines is 1. The Morgan fingerprint density at radius 2 is 1.85 bits per heavy atom. The standard InChI is InChI=1S/C15H19ClF3N/c1-2-10-3-5-11(6-4-10)20-12-7-8-14(16)13(9-12)15(17,18)19/h7-11,20H,2-6H2,1H3. The average Bonchev–Trinajstić information content (AvgIpc) is 2.40. The van der Waals surface area contributed by atoms with Crippen LogP contribution in [0, 0.1) is 5.92 Å². The zero-order chi connectivity index (χ0) is 14.8. The molecule has 0 amide bonds. The molecule has 5 heteroatoms. The van der Waals surface area contributed by atoms with Crippen LogP contribution < -0.4 is 5.32 Å². The highest BCUT2D eigenvalue weighted by molar-refractivity contribution is 6.31. The largest absolute Gasteiger partial charge is 0.417 e. The fourth-order valence-electron chi connectivity index (χ4n) is 2.78. The first kappa shape index (κ1) is 15.5. The highest BCUT2D eigenvalue weighted by Gasteiger charge is 2.33. The van der Waals surface area contributed by atoms with Gasteiger partial charge < -0.3 is 5.32 Å². The molecule has 1 aromatic carbocycles. The molecule has 0 unspecified atom stereocenters. The summed E-state index contributed by atoms with van der Waals surface area (Å²) in [6.07, 6.45) is 1.10. The van der Waals surface area contributed by atoms with E-state index in [0.29, 0.717) is 5.69 Å². The molecular formula is C15H19ClF3N. The number of nitrogens with one attached hydrogen (secondary N) is 1. The number of halogens is 4. The molecule has 1 N–H and O–H groups in total. The summed E-state index contributed by atoms with van der Waals surface area (Å²) in [7, 11) is 0. The normalized spacial score (nSPS) is 23.6. The van der Waals surface area contributed by atoms with Crippen molar-refractivity contribution in [1.29, 1.82) is 0 Å². The Bertz CT molecular complexity index is 451. The van der Waals surface area contributed by atoms with Gasteiger partial charge in [0.1, 0.15) is 0 Å². The van der Waals surface area contributed by atoms with Gasteiger partial charge in [-0.1, -0.05) is 24.9 Å². The molecule has 1 aromatic rings. The average molecular weight is 306 g/mol. The highest BCUT2D eigenvalue weighted by atomic mass is 35.5. The van der Waals surface area contributed by atoms with Crippen LogP contribution in [0.3, 0.4) is 0 Å². The van der Waals surface area contributed by atoms with Crippen molar-refractivity contribution in [1.82, 2.24) is 0 Å². The van der Waals surface area contributed by atoms with Crippen LogP contribution in [-0.2, 0) is 6.18 Å². The lowest BCUT2D eigenvalue weighted by Gasteiger charge is -2.29. The molecule has 2 rings (SSSR count). The van der Waals surface area contributed by atoms with E-state index in [-0.39, 0.29) is 11.1 Å². The molecule has 0 aliphatic heterocycles. The lowest BCUT2D eigenvalue weighted by atomic mass is 9.84. The van der Waals surface area contributed by atoms with Gasteiger partial charge in [-0.25, -0.2) is 0 Å². The van der Waals surface area contributed by atoms with E-state index < -0.39 is 11.7 Å². The molecule has 0 radical (unpaired) electrons. The van der Waals surface area contributed by atoms with Gasteiger partial charge in [0.2, 0.25) is 0 Å². The van der Waals surface area contributed by atoms with Crippen molar-refractivity contribution in [2.24, 2.45) is 5.92 Å². The Morgan fingerprint density at radius 1 is 1.20 bits per heavy atom. The summed E-state index contributed by atoms with van der Waals surface area (Å²) in [5.74, 6) is 0.768. The Kier molecular flexibility index (Phi) is 4.84. The molecule has 1 fully saturated rings. The van der Waals surface area contributed by atoms with Gasteiger partial charge in [-0.3, -0.25) is 0 Å². The number of hydrogen-bond acceptors (Lipinski definition) is 1. The van der Waals surface area contributed by atoms with Crippen molar-refractivity contribution in [3.63, 3.8) is 0 Å². The Labute approximate surface area is 122 Å². The fourth-order valence-corrected chi connectivity index (χ4v) is 3.01. The topological polar surface area (TPSA) is 12.0 Å². The summed E-state index contributed by atoms with van der Waals surface area (Å²) in [4.78, 5) is 0. The van der Waals surface area contributed by atoms with Crippen LogP contribution in [0.4, 0.5) is 18.9 Å². The van der Waals surface area contributed by atoms with Crippen molar-refractivity contribution >= 4 is 17.3 Å². The number of alkyl halides is 3. The maximum atomic E-state index is 12.8. The van der Waals surface area contributed by atoms with Gasteiger partial charge in [0.25, 0.3) is 0 Å². The quantitative estimate of drug-likeness (QED) is 0.751. The van der Waals surface area contributed by atoms with Gasteiger partial charge in [0.05, 0.1) is 10.6 Å². The minimum Gasteiger partial charge on any atom is -0.382 e. The molecule has 0 bridgehead atoms. The SMILES string of the molecule is CCC1CCC(Nc2ccc(Cl)c(C(F)(F)F)c2)CC1. The molecule has 1 nitrogen and oxygen atoms in total. The summed E-state index contributed by atoms with van der Waals surface area (Å²) in [5, 5.41) is 2.95. The van der Waals surface area contributed by atoms with E-state index in [1.807, 2.05) is 0 Å². The van der Waals surface area contributed by atoms with Crippen LogP contribution in [0.5, 0.6) is 0 Å². The van der Waals surface area contributed by atoms with Crippen molar-refractivity contribution in [3.8, 4) is 0 Å². The van der Waals surface area contributed by atoms with E-state index in [4.69, 9.17) is 11.6 Å². The van der Waals surface area contributed by atoms with E-state index in [9.17, 15) is 13.2 Å². The Morgan fingerprint density at radius 3 is 2.40 bits per heavy atom. The number of hydrogen-bond donors (Lipinski definition) is 1. The second-order valence-corrected chi connectivity index (χ2v) is 5.87. The van der Waals surface area contributed by atoms with Crippen LogP contribution >= 0.6 is 11.6 Å². The first-order chi connectivity index (χ1) is 9.40. The maximum absolute atomic E-state index is 12.8. The second-order valence-electron chi connectivity index (χ2n) is 5.46. The molecule has 0 heterocycles.